The lowest BCUT2D eigenvalue weighted by molar-refractivity contribution is -0.157. The maximum absolute atomic E-state index is 14.2. The van der Waals surface area contributed by atoms with Crippen LogP contribution in [0, 0.1) is 17.8 Å². The molecule has 0 aromatic heterocycles. The summed E-state index contributed by atoms with van der Waals surface area (Å²) in [7, 11) is -4.62. The van der Waals surface area contributed by atoms with Gasteiger partial charge in [0.1, 0.15) is 24.6 Å². The second-order valence-electron chi connectivity index (χ2n) is 20.6. The van der Waals surface area contributed by atoms with Gasteiger partial charge in [0, 0.05) is 37.0 Å². The van der Waals surface area contributed by atoms with Crippen molar-refractivity contribution in [1.82, 2.24) is 0 Å². The van der Waals surface area contributed by atoms with Gasteiger partial charge in [0.15, 0.2) is 25.0 Å². The molecule has 0 aliphatic carbocycles. The van der Waals surface area contributed by atoms with Crippen LogP contribution in [-0.2, 0) is 37.0 Å². The average molecular weight is 922 g/mol. The molecular weight excluding hydrogens is 825 g/mol. The van der Waals surface area contributed by atoms with Gasteiger partial charge >= 0.3 is 5.97 Å². The third-order valence-corrected chi connectivity index (χ3v) is 29.3. The zero-order valence-corrected chi connectivity index (χ0v) is 46.4. The van der Waals surface area contributed by atoms with Gasteiger partial charge < -0.3 is 32.2 Å². The minimum Gasteiger partial charge on any atom is -0.456 e. The van der Waals surface area contributed by atoms with Crippen molar-refractivity contribution >= 4 is 30.9 Å². The molecule has 0 amide bonds. The first kappa shape index (κ1) is 57.0. The Labute approximate surface area is 385 Å². The van der Waals surface area contributed by atoms with Crippen molar-refractivity contribution < 1.29 is 37.0 Å². The lowest BCUT2D eigenvalue weighted by atomic mass is 9.79. The van der Waals surface area contributed by atoms with Crippen molar-refractivity contribution in [3.05, 3.63) is 47.6 Å². The smallest absolute Gasteiger partial charge is 0.331 e. The molecule has 1 fully saturated rings. The van der Waals surface area contributed by atoms with Gasteiger partial charge in [0.2, 0.25) is 0 Å². The van der Waals surface area contributed by atoms with Crippen LogP contribution in [0.15, 0.2) is 47.6 Å². The van der Waals surface area contributed by atoms with E-state index < -0.39 is 48.7 Å². The van der Waals surface area contributed by atoms with E-state index in [1.807, 2.05) is 13.0 Å². The van der Waals surface area contributed by atoms with E-state index >= 15 is 0 Å². The summed E-state index contributed by atoms with van der Waals surface area (Å²) in [4.78, 5) is 14.2. The summed E-state index contributed by atoms with van der Waals surface area (Å²) in [5.74, 6) is -0.562. The fourth-order valence-corrected chi connectivity index (χ4v) is 16.8. The molecule has 10 atom stereocenters. The Balaban J connectivity index is 2.84. The maximum Gasteiger partial charge on any atom is 0.331 e. The Bertz CT molecular complexity index is 1440. The topological polar surface area (TPSA) is 81.7 Å². The predicted molar refractivity (Wildman–Crippen MR) is 268 cm³/mol. The maximum atomic E-state index is 14.2. The summed E-state index contributed by atoms with van der Waals surface area (Å²) < 4.78 is 48.4. The summed E-state index contributed by atoms with van der Waals surface area (Å²) in [6.07, 6.45) is 15.4. The minimum atomic E-state index is -2.30. The van der Waals surface area contributed by atoms with E-state index in [2.05, 4.69) is 141 Å². The van der Waals surface area contributed by atoms with E-state index in [4.69, 9.17) is 32.2 Å². The first-order valence-corrected chi connectivity index (χ1v) is 32.7. The molecule has 1 saturated heterocycles. The second-order valence-corrected chi connectivity index (χ2v) is 34.8. The monoisotopic (exact) mass is 921 g/mol. The normalized spacial score (nSPS) is 29.9. The standard InChI is InChI=1S/C51H96O8Si3/c1-20-27-28-31-44-43-35-38(8)30-29-32-45(53-17)48(41(11)47(58-60(18,19)50(13,14)15)40(10)42(12)57-61(21-2,22-3)23-4)56-46(52)34-33-39(9)36-51(16,55-37-54-44)49(43)59-62(24-5,25-6)26-7/h29-30,32-34,36,40-45,47-49H,20-28,31,35,37H2,1-19H3/b32-29+,34-33+,38-30+,39-36+/t40-,41+,42-,43-,44+,45+,47+,48-,49+,51+/m1/s1. The number of allylic oxidation sites excluding steroid dienone is 5. The summed E-state index contributed by atoms with van der Waals surface area (Å²) in [6.45, 7) is 40.7. The number of hydrogen-bond acceptors (Lipinski definition) is 8. The predicted octanol–water partition coefficient (Wildman–Crippen LogP) is 14.1. The number of rotatable bonds is 21. The molecule has 0 unspecified atom stereocenters. The van der Waals surface area contributed by atoms with Gasteiger partial charge in [-0.25, -0.2) is 4.79 Å². The largest absolute Gasteiger partial charge is 0.456 e. The Morgan fingerprint density at radius 3 is 2.00 bits per heavy atom. The van der Waals surface area contributed by atoms with Gasteiger partial charge in [-0.3, -0.25) is 0 Å². The van der Waals surface area contributed by atoms with Crippen molar-refractivity contribution in [2.75, 3.05) is 13.9 Å². The molecule has 2 heterocycles. The SMILES string of the molecule is CCCCC[C@@H]1OCO[C@@]2(C)/C=C(C)/C=C/C(=O)O[C@H]([C@@H](C)[C@@H](O[Si](C)(C)C(C)(C)C)[C@H](C)[C@@H](C)O[Si](CC)(CC)CC)[C@@H](OC)/C=C/C=C(\C)C[C@H]1[C@@H]2O[Si](CC)(CC)CC. The molecule has 0 spiro atoms. The zero-order chi connectivity index (χ0) is 47.1. The van der Waals surface area contributed by atoms with Crippen LogP contribution < -0.4 is 0 Å². The Hall–Kier alpha value is -1.16. The van der Waals surface area contributed by atoms with Crippen LogP contribution in [0.2, 0.25) is 54.4 Å². The summed E-state index contributed by atoms with van der Waals surface area (Å²) in [5, 5.41) is -0.0227. The third kappa shape index (κ3) is 15.5. The first-order valence-electron chi connectivity index (χ1n) is 24.7. The molecular formula is C51H96O8Si3. The molecule has 0 aromatic rings. The number of methoxy groups -OCH3 is 1. The fourth-order valence-electron chi connectivity index (χ4n) is 9.41. The molecule has 2 aliphatic rings. The highest BCUT2D eigenvalue weighted by molar-refractivity contribution is 6.74. The highest BCUT2D eigenvalue weighted by Crippen LogP contribution is 2.43. The molecule has 0 N–H and O–H groups in total. The zero-order valence-electron chi connectivity index (χ0n) is 43.4. The summed E-state index contributed by atoms with van der Waals surface area (Å²) in [6, 6.07) is 6.35. The second kappa shape index (κ2) is 25.7. The van der Waals surface area contributed by atoms with Crippen LogP contribution in [0.3, 0.4) is 0 Å². The van der Waals surface area contributed by atoms with Gasteiger partial charge in [-0.2, -0.15) is 0 Å². The molecule has 2 aliphatic heterocycles. The summed E-state index contributed by atoms with van der Waals surface area (Å²) >= 11 is 0. The van der Waals surface area contributed by atoms with Crippen LogP contribution in [0.4, 0.5) is 0 Å². The number of hydrogen-bond donors (Lipinski definition) is 0. The number of fused-ring (bicyclic) bond motifs is 2. The van der Waals surface area contributed by atoms with Gasteiger partial charge in [0.25, 0.3) is 0 Å². The lowest BCUT2D eigenvalue weighted by Crippen LogP contribution is -2.54. The van der Waals surface area contributed by atoms with Crippen LogP contribution in [0.5, 0.6) is 0 Å². The molecule has 360 valence electrons. The number of cyclic esters (lactones) is 1. The van der Waals surface area contributed by atoms with E-state index in [1.54, 1.807) is 13.2 Å². The number of carbonyl (C=O) groups excluding carboxylic acids is 1. The molecule has 2 bridgehead atoms. The van der Waals surface area contributed by atoms with Crippen molar-refractivity contribution in [2.45, 2.75) is 240 Å². The Morgan fingerprint density at radius 2 is 1.47 bits per heavy atom. The quantitative estimate of drug-likeness (QED) is 0.0640. The van der Waals surface area contributed by atoms with Crippen LogP contribution in [0.1, 0.15) is 143 Å². The van der Waals surface area contributed by atoms with E-state index in [9.17, 15) is 4.79 Å². The van der Waals surface area contributed by atoms with E-state index in [0.717, 1.165) is 73.9 Å². The van der Waals surface area contributed by atoms with Crippen LogP contribution in [-0.4, -0.2) is 87.0 Å². The number of esters is 1. The van der Waals surface area contributed by atoms with Crippen molar-refractivity contribution in [3.8, 4) is 0 Å². The van der Waals surface area contributed by atoms with Crippen molar-refractivity contribution in [3.63, 3.8) is 0 Å². The lowest BCUT2D eigenvalue weighted by Gasteiger charge is -2.46. The molecule has 0 saturated carbocycles. The number of ether oxygens (including phenoxy) is 4. The number of unbranched alkanes of at least 4 members (excludes halogenated alkanes) is 2. The van der Waals surface area contributed by atoms with Crippen LogP contribution in [0.25, 0.3) is 0 Å². The molecule has 11 heteroatoms. The number of carbonyl (C=O) groups is 1. The van der Waals surface area contributed by atoms with Gasteiger partial charge in [-0.05, 0) is 101 Å². The Kier molecular flexibility index (Phi) is 23.6. The highest BCUT2D eigenvalue weighted by Gasteiger charge is 2.50. The highest BCUT2D eigenvalue weighted by atomic mass is 28.4. The van der Waals surface area contributed by atoms with Crippen molar-refractivity contribution in [2.24, 2.45) is 17.8 Å². The van der Waals surface area contributed by atoms with Gasteiger partial charge in [-0.15, -0.1) is 0 Å². The van der Waals surface area contributed by atoms with E-state index in [0.29, 0.717) is 0 Å². The molecule has 0 aromatic carbocycles. The minimum absolute atomic E-state index is 0.0148. The fraction of sp³-hybridized carbons (Fsp3) is 0.824. The molecule has 0 radical (unpaired) electrons. The van der Waals surface area contributed by atoms with Gasteiger partial charge in [0.05, 0.1) is 18.3 Å². The van der Waals surface area contributed by atoms with Crippen LogP contribution >= 0.6 is 0 Å². The van der Waals surface area contributed by atoms with E-state index in [-0.39, 0.29) is 54.0 Å². The Morgan fingerprint density at radius 1 is 0.871 bits per heavy atom. The van der Waals surface area contributed by atoms with Gasteiger partial charge in [-0.1, -0.05) is 138 Å². The molecule has 8 nitrogen and oxygen atoms in total. The first-order chi connectivity index (χ1) is 29.0. The average Bonchev–Trinajstić information content (AvgIpc) is 3.34. The summed E-state index contributed by atoms with van der Waals surface area (Å²) in [5.41, 5.74) is 1.34. The molecule has 62 heavy (non-hydrogen) atoms. The molecule has 2 rings (SSSR count). The van der Waals surface area contributed by atoms with E-state index in [1.165, 1.54) is 5.57 Å². The van der Waals surface area contributed by atoms with Crippen molar-refractivity contribution in [1.29, 1.82) is 0 Å². The third-order valence-electron chi connectivity index (χ3n) is 15.5.